The van der Waals surface area contributed by atoms with Gasteiger partial charge in [-0.25, -0.2) is 49.7 Å². The van der Waals surface area contributed by atoms with Crippen molar-refractivity contribution in [2.24, 2.45) is 0 Å². The van der Waals surface area contributed by atoms with Gasteiger partial charge in [0.15, 0.2) is 38.1 Å². The Balaban J connectivity index is 0.000000130. The predicted molar refractivity (Wildman–Crippen MR) is 536 cm³/mol. The van der Waals surface area contributed by atoms with Gasteiger partial charge in [0.1, 0.15) is 101 Å². The Morgan fingerprint density at radius 2 is 0.662 bits per heavy atom. The van der Waals surface area contributed by atoms with Gasteiger partial charge in [0.25, 0.3) is 0 Å². The van der Waals surface area contributed by atoms with Crippen LogP contribution in [0.4, 0.5) is 32.2 Å². The Morgan fingerprint density at radius 3 is 0.986 bits per heavy atom. The van der Waals surface area contributed by atoms with E-state index in [4.69, 9.17) is 38.3 Å². The Hall–Kier alpha value is -17.1. The number of hydrogen-bond acceptors (Lipinski definition) is 25. The van der Waals surface area contributed by atoms with Crippen molar-refractivity contribution in [1.82, 2.24) is 92.9 Å². The summed E-state index contributed by atoms with van der Waals surface area (Å²) in [5.41, 5.74) is 19.6. The molecule has 6 aromatic carbocycles. The summed E-state index contributed by atoms with van der Waals surface area (Å²) in [6.07, 6.45) is 22.1. The Kier molecular flexibility index (Phi) is 32.4. The number of fused-ring (bicyclic) bond motifs is 5. The molecule has 20 aromatic rings. The van der Waals surface area contributed by atoms with Gasteiger partial charge in [-0.15, -0.1) is 51.0 Å². The highest BCUT2D eigenvalue weighted by Crippen LogP contribution is 2.38. The summed E-state index contributed by atoms with van der Waals surface area (Å²) in [5, 5.41) is 50.6. The third-order valence-corrected chi connectivity index (χ3v) is 25.6. The fourth-order valence-corrected chi connectivity index (χ4v) is 17.8. The molecule has 0 fully saturated rings. The number of pyridine rings is 9. The molecule has 0 atom stereocenters. The van der Waals surface area contributed by atoms with Gasteiger partial charge < -0.3 is 43.2 Å². The number of sulfone groups is 1. The lowest BCUT2D eigenvalue weighted by atomic mass is 10.0. The molecule has 0 unspecified atom stereocenters. The van der Waals surface area contributed by atoms with E-state index in [0.29, 0.717) is 156 Å². The van der Waals surface area contributed by atoms with Gasteiger partial charge >= 0.3 is 0 Å². The van der Waals surface area contributed by atoms with Gasteiger partial charge in [-0.3, -0.25) is 27.0 Å². The maximum Gasteiger partial charge on any atom is 0.221 e. The minimum atomic E-state index is -3.52. The molecule has 0 amide bonds. The van der Waals surface area contributed by atoms with Crippen LogP contribution >= 0.6 is 0 Å². The van der Waals surface area contributed by atoms with E-state index in [1.807, 2.05) is 134 Å². The van der Waals surface area contributed by atoms with Crippen LogP contribution in [-0.4, -0.2) is 183 Å². The monoisotopic (exact) mass is 1980 g/mol. The largest absolute Gasteiger partial charge is 0.496 e. The average molecular weight is 1980 g/mol. The molecule has 30 nitrogen and oxygen atoms in total. The van der Waals surface area contributed by atoms with Crippen molar-refractivity contribution < 1.29 is 73.0 Å². The van der Waals surface area contributed by atoms with Crippen molar-refractivity contribution in [2.75, 3.05) is 81.6 Å². The van der Waals surface area contributed by atoms with Gasteiger partial charge in [-0.05, 0) is 246 Å². The summed E-state index contributed by atoms with van der Waals surface area (Å²) in [4.78, 5) is 19.1. The third kappa shape index (κ3) is 22.9. The van der Waals surface area contributed by atoms with Crippen molar-refractivity contribution in [3.8, 4) is 96.1 Å². The zero-order chi connectivity index (χ0) is 102. The smallest absolute Gasteiger partial charge is 0.221 e. The van der Waals surface area contributed by atoms with Crippen LogP contribution in [0.3, 0.4) is 0 Å². The van der Waals surface area contributed by atoms with Crippen molar-refractivity contribution >= 4 is 43.9 Å². The second kappa shape index (κ2) is 46.5. The maximum absolute atomic E-state index is 14.7. The molecule has 1 N–H and O–H groups in total. The summed E-state index contributed by atoms with van der Waals surface area (Å²) < 4.78 is 156. The SMILES string of the molecule is COc1ccc(-c2ccc(CCc3c(F)cccc3OC)n3cnnc23)cn1.COc1cccc(F)c1CCc1ccc(-c2ccc(N(C)C)nc2)c2nncn12.COc1cccc(F)c1CCc1ccc(-c2ccc(S(C)(=O)=O)cc2F)c2nncn12.COc1cccc(F)c1CCc1ccc(-c2cccnc2OC)c2nncn12.COc1cccc(F)c1CCc1ccc(-c2ccnc(CCO)c2)c2nncn12. The first-order chi connectivity index (χ1) is 70.5. The molecule has 0 aliphatic heterocycles. The van der Waals surface area contributed by atoms with Crippen molar-refractivity contribution in [3.05, 3.63) is 372 Å². The highest BCUT2D eigenvalue weighted by atomic mass is 32.2. The van der Waals surface area contributed by atoms with Gasteiger partial charge in [0.05, 0.1) is 54.7 Å². The predicted octanol–water partition coefficient (Wildman–Crippen LogP) is 18.4. The van der Waals surface area contributed by atoms with E-state index in [1.165, 1.54) is 55.9 Å². The second-order valence-corrected chi connectivity index (χ2v) is 35.3. The van der Waals surface area contributed by atoms with Crippen LogP contribution in [-0.2, 0) is 80.5 Å². The van der Waals surface area contributed by atoms with Crippen molar-refractivity contribution in [1.29, 1.82) is 0 Å². The van der Waals surface area contributed by atoms with E-state index < -0.39 is 15.7 Å². The van der Waals surface area contributed by atoms with Gasteiger partial charge in [-0.1, -0.05) is 36.4 Å². The fraction of sp³-hybridized carbons (Fsp3) is 0.204. The van der Waals surface area contributed by atoms with E-state index >= 15 is 0 Å². The number of aryl methyl sites for hydroxylation is 5. The third-order valence-electron chi connectivity index (χ3n) is 24.5. The van der Waals surface area contributed by atoms with Crippen LogP contribution in [0.15, 0.2) is 280 Å². The number of rotatable bonds is 31. The lowest BCUT2D eigenvalue weighted by Crippen LogP contribution is -2.10. The lowest BCUT2D eigenvalue weighted by Gasteiger charge is -2.13. The van der Waals surface area contributed by atoms with Crippen LogP contribution < -0.4 is 38.1 Å². The number of benzene rings is 6. The normalized spacial score (nSPS) is 11.2. The van der Waals surface area contributed by atoms with Crippen LogP contribution in [0.1, 0.15) is 62.0 Å². The summed E-state index contributed by atoms with van der Waals surface area (Å²) in [6, 6.07) is 62.8. The summed E-state index contributed by atoms with van der Waals surface area (Å²) >= 11 is 0. The minimum absolute atomic E-state index is 0.0508. The highest BCUT2D eigenvalue weighted by molar-refractivity contribution is 7.90. The standard InChI is InChI=1S/C22H19F2N3O3S.C22H22FN5O.C22H21FN4O2.2C21H19FN4O2/c1-30-21-5-3-4-19(23)18(21)10-7-14-6-9-17(22-26-25-13-27(14)22)16-11-8-15(12-20(16)24)31(2,28)29;1-27(2)21-12-7-15(13-24-21)17-10-8-16(28-14-25-26-22(17)28)9-11-18-19(23)5-4-6-20(18)29-3;1-29-21-4-2-3-20(23)19(21)8-6-17-5-7-18(22-26-25-14-27(17)22)15-9-11-24-16(13-15)10-12-28;1-27-19-7-3-6-18(22)17(19)11-9-14-8-10-15(20-25-24-13-26(14)20)16-5-4-12-23-21(16)28-2;1-27-19-5-3-4-18(22)17(19)10-8-15-7-9-16(21-25-24-13-26(15)21)14-6-11-20(28-2)23-12-14/h3-6,8-9,11-13H,7,10H2,1-2H3;4-8,10,12-14H,9,11H2,1-3H3;2-5,7,9,11,13-14,28H,6,8,10,12H2,1H3;3-8,10,12-13H,9,11H2,1-2H3;3-7,9,11-13H,8,10H2,1-2H3. The number of halogens is 6. The molecule has 0 aliphatic rings. The average Bonchev–Trinajstić information content (AvgIpc) is 1.59. The highest BCUT2D eigenvalue weighted by Gasteiger charge is 2.24. The molecule has 0 bridgehead atoms. The van der Waals surface area contributed by atoms with Crippen LogP contribution in [0.2, 0.25) is 0 Å². The first-order valence-electron chi connectivity index (χ1n) is 45.9. The Bertz CT molecular complexity index is 8070. The first kappa shape index (κ1) is 101. The summed E-state index contributed by atoms with van der Waals surface area (Å²) in [7, 11) is 11.3. The number of aliphatic hydroxyl groups excluding tert-OH is 1. The van der Waals surface area contributed by atoms with E-state index in [0.717, 1.165) is 114 Å². The molecule has 0 aliphatic carbocycles. The zero-order valence-electron chi connectivity index (χ0n) is 80.7. The van der Waals surface area contributed by atoms with Crippen LogP contribution in [0.25, 0.3) is 83.9 Å². The Morgan fingerprint density at radius 1 is 0.310 bits per heavy atom. The van der Waals surface area contributed by atoms with Crippen LogP contribution in [0.5, 0.6) is 40.5 Å². The van der Waals surface area contributed by atoms with Gasteiger partial charge in [0, 0.05) is 176 Å². The van der Waals surface area contributed by atoms with Crippen molar-refractivity contribution in [2.45, 2.75) is 75.5 Å². The number of hydrogen-bond donors (Lipinski definition) is 1. The van der Waals surface area contributed by atoms with E-state index in [9.17, 15) is 34.8 Å². The van der Waals surface area contributed by atoms with E-state index in [1.54, 1.807) is 170 Å². The molecule has 20 rings (SSSR count). The van der Waals surface area contributed by atoms with Crippen LogP contribution in [0, 0.1) is 34.9 Å². The number of anilines is 1. The molecule has 37 heteroatoms. The number of nitrogens with zero attached hydrogens (tertiary/aromatic N) is 20. The number of methoxy groups -OCH3 is 7. The molecule has 145 heavy (non-hydrogen) atoms. The van der Waals surface area contributed by atoms with E-state index in [-0.39, 0.29) is 46.2 Å². The first-order valence-corrected chi connectivity index (χ1v) is 47.8. The fourth-order valence-electron chi connectivity index (χ4n) is 17.1. The number of ether oxygens (including phenoxy) is 7. The quantitative estimate of drug-likeness (QED) is 0.0394. The molecular weight excluding hydrogens is 1880 g/mol. The Labute approximate surface area is 830 Å². The number of aliphatic hydroxyl groups is 1. The molecular formula is C108H100F6N20O10S. The molecule has 0 saturated heterocycles. The molecule has 0 radical (unpaired) electrons. The minimum Gasteiger partial charge on any atom is -0.496 e. The summed E-state index contributed by atoms with van der Waals surface area (Å²) in [5.74, 6) is 2.60. The zero-order valence-corrected chi connectivity index (χ0v) is 81.5. The lowest BCUT2D eigenvalue weighted by molar-refractivity contribution is 0.298. The second-order valence-electron chi connectivity index (χ2n) is 33.3. The molecule has 0 saturated carbocycles. The maximum atomic E-state index is 14.7. The topological polar surface area (TPSA) is 325 Å². The van der Waals surface area contributed by atoms with Gasteiger partial charge in [0.2, 0.25) is 11.8 Å². The van der Waals surface area contributed by atoms with E-state index in [2.05, 4.69) is 70.9 Å². The molecule has 0 spiro atoms. The van der Waals surface area contributed by atoms with Gasteiger partial charge in [-0.2, -0.15) is 0 Å². The summed E-state index contributed by atoms with van der Waals surface area (Å²) in [6.45, 7) is 0.0508. The molecule has 740 valence electrons. The number of aromatic nitrogens is 19. The molecule has 14 aromatic heterocycles. The van der Waals surface area contributed by atoms with Crippen molar-refractivity contribution in [3.63, 3.8) is 0 Å². The molecule has 14 heterocycles.